The monoisotopic (exact) mass is 576 g/mol. The van der Waals surface area contributed by atoms with E-state index in [4.69, 9.17) is 10.5 Å². The van der Waals surface area contributed by atoms with Crippen molar-refractivity contribution in [1.29, 1.82) is 5.26 Å². The molecule has 8 nitrogen and oxygen atoms in total. The molecule has 0 saturated carbocycles. The van der Waals surface area contributed by atoms with Crippen molar-refractivity contribution in [2.75, 3.05) is 43.9 Å². The highest BCUT2D eigenvalue weighted by Gasteiger charge is 2.38. The molecule has 1 aliphatic heterocycles. The molecule has 0 aliphatic carbocycles. The zero-order valence-corrected chi connectivity index (χ0v) is 22.0. The fourth-order valence-corrected chi connectivity index (χ4v) is 5.91. The SMILES string of the molecule is COc1nc(N2CCCN(C(C)=O)CC2)c2cc(C(F)(F)F)c(-c3ccc(F)c4sc(N)c(C#N)c34)c(F)c2n1. The van der Waals surface area contributed by atoms with E-state index >= 15 is 4.39 Å². The third-order valence-corrected chi connectivity index (χ3v) is 7.85. The molecule has 1 fully saturated rings. The Balaban J connectivity index is 1.83. The van der Waals surface area contributed by atoms with E-state index in [2.05, 4.69) is 9.97 Å². The first-order valence-electron chi connectivity index (χ1n) is 12.0. The number of anilines is 2. The smallest absolute Gasteiger partial charge is 0.417 e. The van der Waals surface area contributed by atoms with Crippen molar-refractivity contribution in [3.63, 3.8) is 0 Å². The summed E-state index contributed by atoms with van der Waals surface area (Å²) in [7, 11) is 1.24. The lowest BCUT2D eigenvalue weighted by Crippen LogP contribution is -2.34. The van der Waals surface area contributed by atoms with Gasteiger partial charge in [-0.3, -0.25) is 4.79 Å². The number of amides is 1. The number of thiophene rings is 1. The number of hydrogen-bond acceptors (Lipinski definition) is 8. The van der Waals surface area contributed by atoms with Gasteiger partial charge in [-0.25, -0.2) is 8.78 Å². The van der Waals surface area contributed by atoms with Crippen LogP contribution in [0.25, 0.3) is 32.1 Å². The lowest BCUT2D eigenvalue weighted by Gasteiger charge is -2.25. The summed E-state index contributed by atoms with van der Waals surface area (Å²) in [6.45, 7) is 2.74. The maximum Gasteiger partial charge on any atom is 0.417 e. The molecule has 2 N–H and O–H groups in total. The Labute approximate surface area is 228 Å². The molecule has 5 rings (SSSR count). The van der Waals surface area contributed by atoms with E-state index in [0.29, 0.717) is 37.4 Å². The van der Waals surface area contributed by atoms with E-state index in [-0.39, 0.29) is 55.9 Å². The van der Waals surface area contributed by atoms with Crippen LogP contribution in [0.15, 0.2) is 18.2 Å². The molecule has 0 bridgehead atoms. The summed E-state index contributed by atoms with van der Waals surface area (Å²) in [5, 5.41) is 9.10. The molecule has 1 amide bonds. The average molecular weight is 577 g/mol. The Morgan fingerprint density at radius 1 is 1.18 bits per heavy atom. The quantitative estimate of drug-likeness (QED) is 0.329. The molecular weight excluding hydrogens is 555 g/mol. The molecule has 2 aromatic heterocycles. The van der Waals surface area contributed by atoms with E-state index in [1.54, 1.807) is 15.9 Å². The van der Waals surface area contributed by atoms with Crippen LogP contribution in [0, 0.1) is 23.0 Å². The summed E-state index contributed by atoms with van der Waals surface area (Å²) >= 11 is 0.689. The number of carbonyl (C=O) groups is 1. The maximum absolute atomic E-state index is 16.4. The van der Waals surface area contributed by atoms with Crippen LogP contribution >= 0.6 is 11.3 Å². The van der Waals surface area contributed by atoms with Gasteiger partial charge in [0.2, 0.25) is 5.91 Å². The predicted molar refractivity (Wildman–Crippen MR) is 140 cm³/mol. The van der Waals surface area contributed by atoms with Gasteiger partial charge in [0, 0.05) is 49.4 Å². The minimum absolute atomic E-state index is 0.0185. The summed E-state index contributed by atoms with van der Waals surface area (Å²) < 4.78 is 79.8. The number of halogens is 5. The average Bonchev–Trinajstić information content (AvgIpc) is 3.07. The largest absolute Gasteiger partial charge is 0.467 e. The first kappa shape index (κ1) is 27.3. The Morgan fingerprint density at radius 3 is 2.58 bits per heavy atom. The van der Waals surface area contributed by atoms with Gasteiger partial charge < -0.3 is 20.3 Å². The van der Waals surface area contributed by atoms with Gasteiger partial charge in [0.1, 0.15) is 28.2 Å². The summed E-state index contributed by atoms with van der Waals surface area (Å²) in [5.74, 6) is -2.27. The predicted octanol–water partition coefficient (Wildman–Crippen LogP) is 5.33. The molecule has 14 heteroatoms. The summed E-state index contributed by atoms with van der Waals surface area (Å²) in [4.78, 5) is 23.5. The van der Waals surface area contributed by atoms with Gasteiger partial charge in [-0.2, -0.15) is 28.4 Å². The number of nitrogens with two attached hydrogens (primary N) is 1. The fourth-order valence-electron chi connectivity index (χ4n) is 4.96. The van der Waals surface area contributed by atoms with Crippen LogP contribution in [-0.4, -0.2) is 54.1 Å². The van der Waals surface area contributed by atoms with Gasteiger partial charge in [0.15, 0.2) is 5.82 Å². The topological polar surface area (TPSA) is 108 Å². The van der Waals surface area contributed by atoms with Crippen LogP contribution < -0.4 is 15.4 Å². The highest BCUT2D eigenvalue weighted by Crippen LogP contribution is 2.48. The van der Waals surface area contributed by atoms with Gasteiger partial charge in [-0.1, -0.05) is 6.07 Å². The van der Waals surface area contributed by atoms with Gasteiger partial charge in [0.25, 0.3) is 0 Å². The van der Waals surface area contributed by atoms with Crippen molar-refractivity contribution in [2.45, 2.75) is 19.5 Å². The second-order valence-electron chi connectivity index (χ2n) is 9.14. The number of rotatable bonds is 3. The molecule has 208 valence electrons. The molecule has 1 saturated heterocycles. The molecule has 2 aromatic carbocycles. The first-order chi connectivity index (χ1) is 19.0. The van der Waals surface area contributed by atoms with Crippen LogP contribution in [0.1, 0.15) is 24.5 Å². The van der Waals surface area contributed by atoms with Crippen molar-refractivity contribution in [3.8, 4) is 23.2 Å². The number of nitrogen functional groups attached to an aromatic ring is 1. The van der Waals surface area contributed by atoms with Gasteiger partial charge in [-0.05, 0) is 24.1 Å². The summed E-state index contributed by atoms with van der Waals surface area (Å²) in [6, 6.07) is 4.17. The van der Waals surface area contributed by atoms with Gasteiger partial charge in [0.05, 0.1) is 22.9 Å². The van der Waals surface area contributed by atoms with Crippen LogP contribution in [0.4, 0.5) is 32.8 Å². The number of methoxy groups -OCH3 is 1. The molecule has 0 unspecified atom stereocenters. The Hall–Kier alpha value is -4.25. The third-order valence-electron chi connectivity index (χ3n) is 6.82. The Morgan fingerprint density at radius 2 is 1.93 bits per heavy atom. The number of fused-ring (bicyclic) bond motifs is 2. The van der Waals surface area contributed by atoms with Crippen molar-refractivity contribution >= 4 is 49.1 Å². The second kappa shape index (κ2) is 10.1. The summed E-state index contributed by atoms with van der Waals surface area (Å²) in [6.07, 6.45) is -4.55. The second-order valence-corrected chi connectivity index (χ2v) is 10.2. The van der Waals surface area contributed by atoms with Gasteiger partial charge >= 0.3 is 12.2 Å². The highest BCUT2D eigenvalue weighted by molar-refractivity contribution is 7.23. The number of nitrogens with zero attached hydrogens (tertiary/aromatic N) is 5. The fraction of sp³-hybridized carbons (Fsp3) is 0.308. The van der Waals surface area contributed by atoms with E-state index in [0.717, 1.165) is 18.2 Å². The van der Waals surface area contributed by atoms with Crippen LogP contribution in [0.5, 0.6) is 6.01 Å². The van der Waals surface area contributed by atoms with Crippen molar-refractivity contribution in [3.05, 3.63) is 41.0 Å². The number of carbonyl (C=O) groups excluding carboxylic acids is 1. The zero-order chi connectivity index (χ0) is 28.9. The minimum atomic E-state index is -5.05. The van der Waals surface area contributed by atoms with E-state index in [1.165, 1.54) is 14.0 Å². The normalized spacial score (nSPS) is 14.4. The number of nitriles is 1. The number of aromatic nitrogens is 2. The highest BCUT2D eigenvalue weighted by atomic mass is 32.1. The van der Waals surface area contributed by atoms with Crippen molar-refractivity contribution in [1.82, 2.24) is 14.9 Å². The lowest BCUT2D eigenvalue weighted by atomic mass is 9.92. The third kappa shape index (κ3) is 4.49. The van der Waals surface area contributed by atoms with Crippen molar-refractivity contribution < 1.29 is 31.5 Å². The van der Waals surface area contributed by atoms with Crippen LogP contribution in [0.2, 0.25) is 0 Å². The maximum atomic E-state index is 16.4. The molecular formula is C26H21F5N6O2S. The van der Waals surface area contributed by atoms with E-state index < -0.39 is 34.5 Å². The standard InChI is InChI=1S/C26H21F5N6O2S/c1-12(38)36-6-3-7-37(9-8-36)24-14-10-16(26(29,30)31)19(20(28)21(14)34-25(35-24)39-2)13-4-5-17(27)22-18(13)15(11-32)23(33)40-22/h4-5,10H,3,6-9,33H2,1-2H3. The van der Waals surface area contributed by atoms with Crippen LogP contribution in [-0.2, 0) is 11.0 Å². The van der Waals surface area contributed by atoms with Gasteiger partial charge in [-0.15, -0.1) is 11.3 Å². The summed E-state index contributed by atoms with van der Waals surface area (Å²) in [5.41, 5.74) is 2.57. The molecule has 0 atom stereocenters. The Bertz CT molecular complexity index is 1710. The van der Waals surface area contributed by atoms with Crippen LogP contribution in [0.3, 0.4) is 0 Å². The number of alkyl halides is 3. The molecule has 40 heavy (non-hydrogen) atoms. The number of hydrogen-bond donors (Lipinski definition) is 1. The molecule has 0 spiro atoms. The molecule has 1 aliphatic rings. The molecule has 3 heterocycles. The Kier molecular flexibility index (Phi) is 6.87. The van der Waals surface area contributed by atoms with E-state index in [9.17, 15) is 27.6 Å². The zero-order valence-electron chi connectivity index (χ0n) is 21.2. The van der Waals surface area contributed by atoms with Crippen molar-refractivity contribution in [2.24, 2.45) is 0 Å². The number of benzene rings is 2. The van der Waals surface area contributed by atoms with E-state index in [1.807, 2.05) is 0 Å². The lowest BCUT2D eigenvalue weighted by molar-refractivity contribution is -0.137. The first-order valence-corrected chi connectivity index (χ1v) is 12.8. The number of ether oxygens (including phenoxy) is 1. The molecule has 0 radical (unpaired) electrons. The minimum Gasteiger partial charge on any atom is -0.467 e. The molecule has 4 aromatic rings.